The van der Waals surface area contributed by atoms with Crippen LogP contribution >= 0.6 is 0 Å². The van der Waals surface area contributed by atoms with Gasteiger partial charge >= 0.3 is 27.3 Å². The SMILES string of the molecule is O=C(COC(=O)C(F)(F)S(=O)(=O)O)OCC12CC3CC(CC(O)(C3)C1)C2. The fourth-order valence-corrected chi connectivity index (χ4v) is 5.43. The molecule has 0 aliphatic heterocycles. The maximum absolute atomic E-state index is 13.0. The molecule has 0 heterocycles. The lowest BCUT2D eigenvalue weighted by molar-refractivity contribution is -0.190. The zero-order valence-electron chi connectivity index (χ0n) is 13.8. The summed E-state index contributed by atoms with van der Waals surface area (Å²) in [6.45, 7) is -1.22. The van der Waals surface area contributed by atoms with Crippen molar-refractivity contribution in [3.8, 4) is 0 Å². The summed E-state index contributed by atoms with van der Waals surface area (Å²) >= 11 is 0. The van der Waals surface area contributed by atoms with Crippen LogP contribution < -0.4 is 0 Å². The first kappa shape index (κ1) is 19.4. The molecule has 4 aliphatic rings. The molecule has 0 aromatic rings. The van der Waals surface area contributed by atoms with Crippen molar-refractivity contribution in [3.05, 3.63) is 0 Å². The minimum Gasteiger partial charge on any atom is -0.463 e. The topological polar surface area (TPSA) is 127 Å². The van der Waals surface area contributed by atoms with Crippen LogP contribution in [0.3, 0.4) is 0 Å². The quantitative estimate of drug-likeness (QED) is 0.499. The highest BCUT2D eigenvalue weighted by Gasteiger charge is 2.58. The Labute approximate surface area is 148 Å². The summed E-state index contributed by atoms with van der Waals surface area (Å²) in [5.74, 6) is -2.93. The van der Waals surface area contributed by atoms with Crippen LogP contribution in [0.1, 0.15) is 38.5 Å². The normalized spacial score (nSPS) is 36.0. The van der Waals surface area contributed by atoms with Crippen molar-refractivity contribution in [3.63, 3.8) is 0 Å². The van der Waals surface area contributed by atoms with Gasteiger partial charge in [0.25, 0.3) is 0 Å². The van der Waals surface area contributed by atoms with Crippen molar-refractivity contribution in [2.75, 3.05) is 13.2 Å². The first-order valence-corrected chi connectivity index (χ1v) is 9.68. The maximum atomic E-state index is 13.0. The number of hydrogen-bond donors (Lipinski definition) is 2. The lowest BCUT2D eigenvalue weighted by Gasteiger charge is -2.59. The van der Waals surface area contributed by atoms with E-state index in [9.17, 15) is 31.9 Å². The zero-order chi connectivity index (χ0) is 19.4. The molecule has 4 bridgehead atoms. The Morgan fingerprint density at radius 3 is 2.19 bits per heavy atom. The second-order valence-electron chi connectivity index (χ2n) is 7.91. The molecule has 4 rings (SSSR count). The predicted molar refractivity (Wildman–Crippen MR) is 80.5 cm³/mol. The molecule has 0 radical (unpaired) electrons. The predicted octanol–water partition coefficient (Wildman–Crippen LogP) is 0.885. The highest BCUT2D eigenvalue weighted by atomic mass is 32.2. The van der Waals surface area contributed by atoms with Gasteiger partial charge in [0.1, 0.15) is 0 Å². The van der Waals surface area contributed by atoms with Crippen molar-refractivity contribution in [2.24, 2.45) is 17.3 Å². The fraction of sp³-hybridized carbons (Fsp3) is 0.867. The molecule has 0 aromatic heterocycles. The lowest BCUT2D eigenvalue weighted by Crippen LogP contribution is -2.57. The van der Waals surface area contributed by atoms with E-state index in [1.807, 2.05) is 0 Å². The van der Waals surface area contributed by atoms with Gasteiger partial charge in [-0.3, -0.25) is 4.55 Å². The van der Waals surface area contributed by atoms with Crippen molar-refractivity contribution in [1.82, 2.24) is 0 Å². The average molecular weight is 398 g/mol. The van der Waals surface area contributed by atoms with Crippen LogP contribution in [0, 0.1) is 17.3 Å². The molecule has 2 unspecified atom stereocenters. The molecule has 4 saturated carbocycles. The molecule has 8 nitrogen and oxygen atoms in total. The highest BCUT2D eigenvalue weighted by Crippen LogP contribution is 2.61. The molecule has 0 amide bonds. The van der Waals surface area contributed by atoms with Gasteiger partial charge in [0.2, 0.25) is 0 Å². The third-order valence-corrected chi connectivity index (χ3v) is 6.39. The Balaban J connectivity index is 1.52. The molecule has 2 atom stereocenters. The van der Waals surface area contributed by atoms with Crippen molar-refractivity contribution < 1.29 is 45.9 Å². The van der Waals surface area contributed by atoms with E-state index in [1.165, 1.54) is 0 Å². The Hall–Kier alpha value is -1.33. The minimum absolute atomic E-state index is 0.0205. The Morgan fingerprint density at radius 2 is 1.69 bits per heavy atom. The van der Waals surface area contributed by atoms with Gasteiger partial charge in [0.05, 0.1) is 12.2 Å². The van der Waals surface area contributed by atoms with Crippen LogP contribution in [-0.4, -0.2) is 54.1 Å². The molecule has 4 aliphatic carbocycles. The van der Waals surface area contributed by atoms with Crippen molar-refractivity contribution in [2.45, 2.75) is 49.4 Å². The number of alkyl halides is 2. The summed E-state index contributed by atoms with van der Waals surface area (Å²) in [6.07, 6.45) is 4.63. The molecule has 0 saturated heterocycles. The summed E-state index contributed by atoms with van der Waals surface area (Å²) in [7, 11) is -5.99. The standard InChI is InChI=1S/C15H20F2O8S/c16-15(17,26(21,22)23)12(19)24-6-11(18)25-8-13-2-9-1-10(3-13)5-14(20,4-9)7-13/h9-10,20H,1-8H2,(H,21,22,23). The average Bonchev–Trinajstić information content (AvgIpc) is 2.47. The first-order valence-electron chi connectivity index (χ1n) is 8.24. The van der Waals surface area contributed by atoms with Gasteiger partial charge in [-0.1, -0.05) is 0 Å². The number of esters is 2. The lowest BCUT2D eigenvalue weighted by atomic mass is 9.48. The van der Waals surface area contributed by atoms with E-state index in [4.69, 9.17) is 9.29 Å². The fourth-order valence-electron chi connectivity index (χ4n) is 5.16. The Kier molecular flexibility index (Phi) is 4.56. The highest BCUT2D eigenvalue weighted by molar-refractivity contribution is 7.87. The van der Waals surface area contributed by atoms with E-state index in [-0.39, 0.29) is 12.0 Å². The smallest absolute Gasteiger partial charge is 0.463 e. The minimum atomic E-state index is -5.99. The molecule has 0 aromatic carbocycles. The largest absolute Gasteiger partial charge is 0.465 e. The second-order valence-corrected chi connectivity index (χ2v) is 9.38. The molecule has 26 heavy (non-hydrogen) atoms. The van der Waals surface area contributed by atoms with E-state index in [0.29, 0.717) is 18.3 Å². The number of carbonyl (C=O) groups is 2. The molecule has 2 N–H and O–H groups in total. The summed E-state index contributed by atoms with van der Waals surface area (Å²) in [5, 5.41) is 5.44. The van der Waals surface area contributed by atoms with E-state index >= 15 is 0 Å². The summed E-state index contributed by atoms with van der Waals surface area (Å²) in [6, 6.07) is 0. The van der Waals surface area contributed by atoms with Gasteiger partial charge in [-0.2, -0.15) is 17.2 Å². The van der Waals surface area contributed by atoms with Crippen molar-refractivity contribution in [1.29, 1.82) is 0 Å². The summed E-state index contributed by atoms with van der Waals surface area (Å²) in [5.41, 5.74) is -1.11. The molecule has 11 heteroatoms. The molecular formula is C15H20F2O8S. The number of hydrogen-bond acceptors (Lipinski definition) is 7. The first-order chi connectivity index (χ1) is 11.8. The molecular weight excluding hydrogens is 378 g/mol. The van der Waals surface area contributed by atoms with Gasteiger partial charge in [-0.25, -0.2) is 9.59 Å². The second kappa shape index (κ2) is 6.10. The van der Waals surface area contributed by atoms with Crippen LogP contribution in [0.5, 0.6) is 0 Å². The summed E-state index contributed by atoms with van der Waals surface area (Å²) < 4.78 is 64.1. The van der Waals surface area contributed by atoms with Gasteiger partial charge < -0.3 is 14.6 Å². The Bertz CT molecular complexity index is 705. The number of aliphatic hydroxyl groups is 1. The maximum Gasteiger partial charge on any atom is 0.465 e. The Morgan fingerprint density at radius 1 is 1.12 bits per heavy atom. The van der Waals surface area contributed by atoms with Gasteiger partial charge in [0, 0.05) is 5.41 Å². The monoisotopic (exact) mass is 398 g/mol. The van der Waals surface area contributed by atoms with Crippen LogP contribution in [0.2, 0.25) is 0 Å². The van der Waals surface area contributed by atoms with Crippen LogP contribution in [0.25, 0.3) is 0 Å². The van der Waals surface area contributed by atoms with Crippen LogP contribution in [0.15, 0.2) is 0 Å². The van der Waals surface area contributed by atoms with Crippen LogP contribution in [-0.2, 0) is 29.2 Å². The van der Waals surface area contributed by atoms with Gasteiger partial charge in [-0.05, 0) is 50.4 Å². The molecule has 148 valence electrons. The molecule has 4 fully saturated rings. The number of halogens is 2. The van der Waals surface area contributed by atoms with E-state index in [2.05, 4.69) is 4.74 Å². The van der Waals surface area contributed by atoms with E-state index < -0.39 is 39.5 Å². The van der Waals surface area contributed by atoms with E-state index in [0.717, 1.165) is 32.1 Å². The number of carbonyl (C=O) groups excluding carboxylic acids is 2. The molecule has 0 spiro atoms. The van der Waals surface area contributed by atoms with Crippen LogP contribution in [0.4, 0.5) is 8.78 Å². The van der Waals surface area contributed by atoms with Gasteiger partial charge in [0.15, 0.2) is 6.61 Å². The number of rotatable bonds is 6. The third-order valence-electron chi connectivity index (χ3n) is 5.57. The van der Waals surface area contributed by atoms with Gasteiger partial charge in [-0.15, -0.1) is 0 Å². The van der Waals surface area contributed by atoms with E-state index in [1.54, 1.807) is 0 Å². The number of ether oxygens (including phenoxy) is 2. The van der Waals surface area contributed by atoms with Crippen molar-refractivity contribution >= 4 is 22.1 Å². The third kappa shape index (κ3) is 3.56. The zero-order valence-corrected chi connectivity index (χ0v) is 14.6. The summed E-state index contributed by atoms with van der Waals surface area (Å²) in [4.78, 5) is 22.7.